The SMILES string of the molecule is COCn1cc(NC(=O)c2ccccc2Br)cn1. The fourth-order valence-corrected chi connectivity index (χ4v) is 1.94. The largest absolute Gasteiger partial charge is 0.362 e. The second-order valence-electron chi connectivity index (χ2n) is 3.62. The number of carbonyl (C=O) groups is 1. The number of benzene rings is 1. The van der Waals surface area contributed by atoms with Crippen LogP contribution in [0.4, 0.5) is 5.69 Å². The third-order valence-electron chi connectivity index (χ3n) is 2.27. The molecule has 2 aromatic rings. The van der Waals surface area contributed by atoms with Crippen molar-refractivity contribution in [2.45, 2.75) is 6.73 Å². The quantitative estimate of drug-likeness (QED) is 0.944. The lowest BCUT2D eigenvalue weighted by atomic mass is 10.2. The molecule has 0 bridgehead atoms. The van der Waals surface area contributed by atoms with E-state index in [9.17, 15) is 4.79 Å². The van der Waals surface area contributed by atoms with Crippen molar-refractivity contribution in [2.24, 2.45) is 0 Å². The molecule has 0 atom stereocenters. The van der Waals surface area contributed by atoms with Gasteiger partial charge in [-0.3, -0.25) is 4.79 Å². The van der Waals surface area contributed by atoms with E-state index in [-0.39, 0.29) is 5.91 Å². The fraction of sp³-hybridized carbons (Fsp3) is 0.167. The molecular formula is C12H12BrN3O2. The smallest absolute Gasteiger partial charge is 0.256 e. The van der Waals surface area contributed by atoms with E-state index < -0.39 is 0 Å². The van der Waals surface area contributed by atoms with E-state index in [0.29, 0.717) is 18.0 Å². The van der Waals surface area contributed by atoms with Gasteiger partial charge in [0.1, 0.15) is 6.73 Å². The Morgan fingerprint density at radius 3 is 3.00 bits per heavy atom. The Balaban J connectivity index is 2.09. The Kier molecular flexibility index (Phi) is 4.11. The van der Waals surface area contributed by atoms with Crippen molar-refractivity contribution in [3.05, 3.63) is 46.7 Å². The third-order valence-corrected chi connectivity index (χ3v) is 2.96. The molecule has 0 unspecified atom stereocenters. The number of ether oxygens (including phenoxy) is 1. The number of hydrogen-bond acceptors (Lipinski definition) is 3. The van der Waals surface area contributed by atoms with Gasteiger partial charge < -0.3 is 10.1 Å². The van der Waals surface area contributed by atoms with Gasteiger partial charge in [0.2, 0.25) is 0 Å². The van der Waals surface area contributed by atoms with Crippen LogP contribution in [0.15, 0.2) is 41.1 Å². The fourth-order valence-electron chi connectivity index (χ4n) is 1.47. The number of halogens is 1. The van der Waals surface area contributed by atoms with Crippen LogP contribution in [0, 0.1) is 0 Å². The van der Waals surface area contributed by atoms with Crippen LogP contribution in [0.1, 0.15) is 10.4 Å². The zero-order valence-electron chi connectivity index (χ0n) is 9.76. The summed E-state index contributed by atoms with van der Waals surface area (Å²) in [6.45, 7) is 0.352. The van der Waals surface area contributed by atoms with E-state index in [4.69, 9.17) is 4.74 Å². The summed E-state index contributed by atoms with van der Waals surface area (Å²) in [5.74, 6) is -0.181. The maximum atomic E-state index is 12.0. The van der Waals surface area contributed by atoms with Crippen LogP contribution in [0.3, 0.4) is 0 Å². The minimum Gasteiger partial charge on any atom is -0.362 e. The lowest BCUT2D eigenvalue weighted by molar-refractivity contribution is 0.102. The summed E-state index contributed by atoms with van der Waals surface area (Å²) in [5.41, 5.74) is 1.21. The van der Waals surface area contributed by atoms with Gasteiger partial charge in [0, 0.05) is 11.6 Å². The Labute approximate surface area is 113 Å². The highest BCUT2D eigenvalue weighted by atomic mass is 79.9. The van der Waals surface area contributed by atoms with E-state index in [1.54, 1.807) is 30.3 Å². The molecule has 0 saturated carbocycles. The average molecular weight is 310 g/mol. The van der Waals surface area contributed by atoms with Gasteiger partial charge in [0.15, 0.2) is 0 Å². The predicted molar refractivity (Wildman–Crippen MR) is 71.3 cm³/mol. The molecule has 94 valence electrons. The lowest BCUT2D eigenvalue weighted by Gasteiger charge is -2.04. The lowest BCUT2D eigenvalue weighted by Crippen LogP contribution is -2.12. The summed E-state index contributed by atoms with van der Waals surface area (Å²) in [5, 5.41) is 6.81. The predicted octanol–water partition coefficient (Wildman–Crippen LogP) is 2.50. The maximum Gasteiger partial charge on any atom is 0.256 e. The molecule has 0 saturated heterocycles. The van der Waals surface area contributed by atoms with E-state index >= 15 is 0 Å². The Morgan fingerprint density at radius 2 is 2.28 bits per heavy atom. The number of rotatable bonds is 4. The standard InChI is InChI=1S/C12H12BrN3O2/c1-18-8-16-7-9(6-14-16)15-12(17)10-4-2-3-5-11(10)13/h2-7H,8H2,1H3,(H,15,17). The zero-order valence-corrected chi connectivity index (χ0v) is 11.3. The number of hydrogen-bond donors (Lipinski definition) is 1. The van der Waals surface area contributed by atoms with Gasteiger partial charge in [-0.2, -0.15) is 5.10 Å². The van der Waals surface area contributed by atoms with Crippen molar-refractivity contribution in [1.29, 1.82) is 0 Å². The summed E-state index contributed by atoms with van der Waals surface area (Å²) in [6.07, 6.45) is 3.28. The highest BCUT2D eigenvalue weighted by molar-refractivity contribution is 9.10. The van der Waals surface area contributed by atoms with Crippen molar-refractivity contribution in [2.75, 3.05) is 12.4 Å². The van der Waals surface area contributed by atoms with Gasteiger partial charge in [-0.1, -0.05) is 12.1 Å². The molecule has 0 fully saturated rings. The van der Waals surface area contributed by atoms with Gasteiger partial charge in [-0.25, -0.2) is 4.68 Å². The maximum absolute atomic E-state index is 12.0. The van der Waals surface area contributed by atoms with Crippen LogP contribution in [0.25, 0.3) is 0 Å². The first kappa shape index (κ1) is 12.8. The molecule has 1 N–H and O–H groups in total. The normalized spacial score (nSPS) is 10.3. The van der Waals surface area contributed by atoms with Gasteiger partial charge in [0.25, 0.3) is 5.91 Å². The number of nitrogens with zero attached hydrogens (tertiary/aromatic N) is 2. The summed E-state index contributed by atoms with van der Waals surface area (Å²) in [4.78, 5) is 12.0. The summed E-state index contributed by atoms with van der Waals surface area (Å²) >= 11 is 3.34. The van der Waals surface area contributed by atoms with E-state index in [0.717, 1.165) is 4.47 Å². The second kappa shape index (κ2) is 5.79. The van der Waals surface area contributed by atoms with Crippen LogP contribution in [0.5, 0.6) is 0 Å². The molecule has 5 nitrogen and oxygen atoms in total. The van der Waals surface area contributed by atoms with Crippen LogP contribution in [-0.4, -0.2) is 22.8 Å². The Morgan fingerprint density at radius 1 is 1.50 bits per heavy atom. The van der Waals surface area contributed by atoms with Gasteiger partial charge in [0.05, 0.1) is 23.6 Å². The van der Waals surface area contributed by atoms with Crippen LogP contribution in [0.2, 0.25) is 0 Å². The number of aromatic nitrogens is 2. The number of amides is 1. The molecule has 0 aliphatic rings. The molecule has 2 rings (SSSR count). The van der Waals surface area contributed by atoms with E-state index in [1.165, 1.54) is 0 Å². The van der Waals surface area contributed by atoms with Crippen LogP contribution >= 0.6 is 15.9 Å². The zero-order chi connectivity index (χ0) is 13.0. The van der Waals surface area contributed by atoms with Crippen LogP contribution < -0.4 is 5.32 Å². The molecule has 0 spiro atoms. The van der Waals surface area contributed by atoms with Gasteiger partial charge >= 0.3 is 0 Å². The molecule has 1 heterocycles. The first-order chi connectivity index (χ1) is 8.70. The number of nitrogens with one attached hydrogen (secondary N) is 1. The topological polar surface area (TPSA) is 56.1 Å². The molecule has 1 aromatic carbocycles. The minimum absolute atomic E-state index is 0.181. The third kappa shape index (κ3) is 2.96. The molecule has 1 aromatic heterocycles. The van der Waals surface area contributed by atoms with Crippen LogP contribution in [-0.2, 0) is 11.5 Å². The minimum atomic E-state index is -0.181. The van der Waals surface area contributed by atoms with E-state index in [1.807, 2.05) is 18.2 Å². The summed E-state index contributed by atoms with van der Waals surface area (Å²) in [7, 11) is 1.58. The second-order valence-corrected chi connectivity index (χ2v) is 4.47. The first-order valence-corrected chi connectivity index (χ1v) is 6.07. The monoisotopic (exact) mass is 309 g/mol. The number of anilines is 1. The molecule has 0 aliphatic carbocycles. The summed E-state index contributed by atoms with van der Waals surface area (Å²) < 4.78 is 7.28. The number of carbonyl (C=O) groups excluding carboxylic acids is 1. The van der Waals surface area contributed by atoms with Crippen molar-refractivity contribution in [3.8, 4) is 0 Å². The molecule has 0 aliphatic heterocycles. The molecule has 1 amide bonds. The van der Waals surface area contributed by atoms with Crippen molar-refractivity contribution in [1.82, 2.24) is 9.78 Å². The first-order valence-electron chi connectivity index (χ1n) is 5.28. The van der Waals surface area contributed by atoms with Gasteiger partial charge in [-0.05, 0) is 28.1 Å². The van der Waals surface area contributed by atoms with Crippen molar-refractivity contribution >= 4 is 27.5 Å². The Hall–Kier alpha value is -1.66. The average Bonchev–Trinajstić information content (AvgIpc) is 2.77. The van der Waals surface area contributed by atoms with Gasteiger partial charge in [-0.15, -0.1) is 0 Å². The van der Waals surface area contributed by atoms with Crippen molar-refractivity contribution < 1.29 is 9.53 Å². The summed E-state index contributed by atoms with van der Waals surface area (Å²) in [6, 6.07) is 7.24. The van der Waals surface area contributed by atoms with Crippen molar-refractivity contribution in [3.63, 3.8) is 0 Å². The molecule has 18 heavy (non-hydrogen) atoms. The Bertz CT molecular complexity index is 554. The highest BCUT2D eigenvalue weighted by Crippen LogP contribution is 2.17. The molecule has 0 radical (unpaired) electrons. The molecular weight excluding hydrogens is 298 g/mol. The number of methoxy groups -OCH3 is 1. The molecule has 6 heteroatoms. The van der Waals surface area contributed by atoms with E-state index in [2.05, 4.69) is 26.3 Å². The highest BCUT2D eigenvalue weighted by Gasteiger charge is 2.10.